The van der Waals surface area contributed by atoms with Gasteiger partial charge in [0.2, 0.25) is 5.95 Å². The molecule has 138 valence electrons. The Kier molecular flexibility index (Phi) is 5.07. The van der Waals surface area contributed by atoms with Gasteiger partial charge in [0.05, 0.1) is 11.4 Å². The van der Waals surface area contributed by atoms with Gasteiger partial charge in [-0.05, 0) is 24.1 Å². The lowest BCUT2D eigenvalue weighted by molar-refractivity contribution is 0.254. The first kappa shape index (κ1) is 17.5. The molecule has 27 heavy (non-hydrogen) atoms. The Labute approximate surface area is 156 Å². The summed E-state index contributed by atoms with van der Waals surface area (Å²) in [4.78, 5) is 11.2. The summed E-state index contributed by atoms with van der Waals surface area (Å²) >= 11 is 0. The van der Waals surface area contributed by atoms with E-state index in [0.29, 0.717) is 5.95 Å². The van der Waals surface area contributed by atoms with Gasteiger partial charge in [-0.3, -0.25) is 4.90 Å². The third kappa shape index (κ3) is 4.28. The number of nitrogens with one attached hydrogen (secondary N) is 1. The summed E-state index contributed by atoms with van der Waals surface area (Å²) in [6.45, 7) is 2.73. The quantitative estimate of drug-likeness (QED) is 0.738. The zero-order valence-electron chi connectivity index (χ0n) is 14.8. The molecule has 0 unspecified atom stereocenters. The van der Waals surface area contributed by atoms with E-state index in [1.807, 2.05) is 6.07 Å². The van der Waals surface area contributed by atoms with E-state index in [4.69, 9.17) is 0 Å². The first-order chi connectivity index (χ1) is 13.2. The topological polar surface area (TPSA) is 41.1 Å². The van der Waals surface area contributed by atoms with Gasteiger partial charge in [-0.2, -0.15) is 0 Å². The van der Waals surface area contributed by atoms with Crippen molar-refractivity contribution in [3.63, 3.8) is 0 Å². The number of nitrogens with zero attached hydrogens (tertiary/aromatic N) is 3. The molecule has 4 rings (SSSR count). The van der Waals surface area contributed by atoms with Gasteiger partial charge in [0.25, 0.3) is 0 Å². The van der Waals surface area contributed by atoms with E-state index in [2.05, 4.69) is 44.5 Å². The molecular weight excluding hydrogens is 346 g/mol. The second-order valence-electron chi connectivity index (χ2n) is 6.68. The number of aromatic nitrogens is 2. The van der Waals surface area contributed by atoms with E-state index in [-0.39, 0.29) is 5.69 Å². The van der Waals surface area contributed by atoms with Crippen LogP contribution < -0.4 is 5.32 Å². The molecule has 1 aromatic heterocycles. The van der Waals surface area contributed by atoms with E-state index in [0.717, 1.165) is 49.8 Å². The Morgan fingerprint density at radius 2 is 1.93 bits per heavy atom. The number of halogens is 2. The van der Waals surface area contributed by atoms with Crippen LogP contribution in [-0.4, -0.2) is 28.0 Å². The molecule has 2 heterocycles. The molecule has 1 aliphatic heterocycles. The number of anilines is 2. The molecule has 6 heteroatoms. The minimum Gasteiger partial charge on any atom is -0.322 e. The van der Waals surface area contributed by atoms with Crippen LogP contribution in [0.1, 0.15) is 16.8 Å². The molecule has 0 radical (unpaired) electrons. The lowest BCUT2D eigenvalue weighted by atomic mass is 10.1. The van der Waals surface area contributed by atoms with Crippen molar-refractivity contribution in [2.45, 2.75) is 19.4 Å². The van der Waals surface area contributed by atoms with Gasteiger partial charge in [-0.1, -0.05) is 30.3 Å². The number of benzene rings is 2. The van der Waals surface area contributed by atoms with Crippen LogP contribution in [0.4, 0.5) is 20.4 Å². The van der Waals surface area contributed by atoms with Crippen LogP contribution >= 0.6 is 0 Å². The van der Waals surface area contributed by atoms with Crippen LogP contribution in [0.15, 0.2) is 54.7 Å². The molecule has 0 saturated heterocycles. The highest BCUT2D eigenvalue weighted by atomic mass is 19.1. The average Bonchev–Trinajstić information content (AvgIpc) is 2.69. The standard InChI is InChI=1S/C21H20F2N4/c22-17-6-7-20(18(23)12-17)26-21-24-13-16-14-27(11-9-19(16)25-21)10-8-15-4-2-1-3-5-15/h1-7,12-13H,8-11,14H2,(H,24,25,26). The van der Waals surface area contributed by atoms with Crippen molar-refractivity contribution in [2.75, 3.05) is 18.4 Å². The van der Waals surface area contributed by atoms with Crippen LogP contribution in [0.25, 0.3) is 0 Å². The lowest BCUT2D eigenvalue weighted by Crippen LogP contribution is -2.33. The molecule has 0 fully saturated rings. The van der Waals surface area contributed by atoms with Crippen LogP contribution in [0.5, 0.6) is 0 Å². The zero-order valence-corrected chi connectivity index (χ0v) is 14.8. The highest BCUT2D eigenvalue weighted by Crippen LogP contribution is 2.22. The van der Waals surface area contributed by atoms with Gasteiger partial charge >= 0.3 is 0 Å². The van der Waals surface area contributed by atoms with Crippen LogP contribution in [-0.2, 0) is 19.4 Å². The van der Waals surface area contributed by atoms with Crippen LogP contribution in [0.2, 0.25) is 0 Å². The third-order valence-electron chi connectivity index (χ3n) is 4.75. The van der Waals surface area contributed by atoms with Crippen molar-refractivity contribution in [1.82, 2.24) is 14.9 Å². The molecule has 0 saturated carbocycles. The van der Waals surface area contributed by atoms with Crippen molar-refractivity contribution < 1.29 is 8.78 Å². The predicted molar refractivity (Wildman–Crippen MR) is 101 cm³/mol. The normalized spacial score (nSPS) is 14.0. The predicted octanol–water partition coefficient (Wildman–Crippen LogP) is 4.10. The van der Waals surface area contributed by atoms with Crippen molar-refractivity contribution in [3.8, 4) is 0 Å². The largest absolute Gasteiger partial charge is 0.322 e. The van der Waals surface area contributed by atoms with Crippen LogP contribution in [0, 0.1) is 11.6 Å². The summed E-state index contributed by atoms with van der Waals surface area (Å²) in [6.07, 6.45) is 3.63. The maximum atomic E-state index is 13.8. The summed E-state index contributed by atoms with van der Waals surface area (Å²) in [6, 6.07) is 13.8. The van der Waals surface area contributed by atoms with E-state index >= 15 is 0 Å². The Morgan fingerprint density at radius 1 is 1.07 bits per heavy atom. The molecule has 1 N–H and O–H groups in total. The molecule has 4 nitrogen and oxygen atoms in total. The first-order valence-electron chi connectivity index (χ1n) is 9.00. The molecule has 0 aliphatic carbocycles. The molecule has 0 bridgehead atoms. The van der Waals surface area contributed by atoms with Crippen molar-refractivity contribution in [2.24, 2.45) is 0 Å². The Bertz CT molecular complexity index is 931. The van der Waals surface area contributed by atoms with Crippen molar-refractivity contribution >= 4 is 11.6 Å². The Balaban J connectivity index is 1.40. The molecule has 0 spiro atoms. The molecule has 1 aliphatic rings. The summed E-state index contributed by atoms with van der Waals surface area (Å²) in [5, 5.41) is 2.83. The fraction of sp³-hybridized carbons (Fsp3) is 0.238. The molecule has 3 aromatic rings. The van der Waals surface area contributed by atoms with Gasteiger partial charge in [0.15, 0.2) is 0 Å². The monoisotopic (exact) mass is 366 g/mol. The van der Waals surface area contributed by atoms with Gasteiger partial charge in [-0.15, -0.1) is 0 Å². The Morgan fingerprint density at radius 3 is 2.74 bits per heavy atom. The number of fused-ring (bicyclic) bond motifs is 1. The molecule has 0 amide bonds. The van der Waals surface area contributed by atoms with Gasteiger partial charge in [0, 0.05) is 43.9 Å². The minimum atomic E-state index is -0.664. The highest BCUT2D eigenvalue weighted by molar-refractivity contribution is 5.54. The first-order valence-corrected chi connectivity index (χ1v) is 9.00. The number of rotatable bonds is 5. The van der Waals surface area contributed by atoms with Gasteiger partial charge in [-0.25, -0.2) is 18.7 Å². The summed E-state index contributed by atoms with van der Waals surface area (Å²) < 4.78 is 26.8. The molecular formula is C21H20F2N4. The summed E-state index contributed by atoms with van der Waals surface area (Å²) in [7, 11) is 0. The second-order valence-corrected chi connectivity index (χ2v) is 6.68. The highest BCUT2D eigenvalue weighted by Gasteiger charge is 2.18. The van der Waals surface area contributed by atoms with Crippen molar-refractivity contribution in [3.05, 3.63) is 83.2 Å². The van der Waals surface area contributed by atoms with E-state index in [9.17, 15) is 8.78 Å². The minimum absolute atomic E-state index is 0.164. The number of hydrogen-bond donors (Lipinski definition) is 1. The SMILES string of the molecule is Fc1ccc(Nc2ncc3c(n2)CCN(CCc2ccccc2)C3)c(F)c1. The average molecular weight is 366 g/mol. The lowest BCUT2D eigenvalue weighted by Gasteiger charge is -2.28. The summed E-state index contributed by atoms with van der Waals surface area (Å²) in [5.74, 6) is -0.944. The molecule has 2 aromatic carbocycles. The second kappa shape index (κ2) is 7.80. The van der Waals surface area contributed by atoms with Crippen molar-refractivity contribution in [1.29, 1.82) is 0 Å². The number of hydrogen-bond acceptors (Lipinski definition) is 4. The Hall–Kier alpha value is -2.86. The van der Waals surface area contributed by atoms with E-state index in [1.54, 1.807) is 6.20 Å². The van der Waals surface area contributed by atoms with Crippen LogP contribution in [0.3, 0.4) is 0 Å². The fourth-order valence-electron chi connectivity index (χ4n) is 3.27. The molecule has 0 atom stereocenters. The summed E-state index contributed by atoms with van der Waals surface area (Å²) in [5.41, 5.74) is 3.57. The smallest absolute Gasteiger partial charge is 0.227 e. The van der Waals surface area contributed by atoms with Gasteiger partial charge < -0.3 is 5.32 Å². The van der Waals surface area contributed by atoms with Gasteiger partial charge in [0.1, 0.15) is 11.6 Å². The third-order valence-corrected chi connectivity index (χ3v) is 4.75. The zero-order chi connectivity index (χ0) is 18.6. The maximum absolute atomic E-state index is 13.8. The van der Waals surface area contributed by atoms with E-state index in [1.165, 1.54) is 17.7 Å². The van der Waals surface area contributed by atoms with E-state index < -0.39 is 11.6 Å². The fourth-order valence-corrected chi connectivity index (χ4v) is 3.27. The maximum Gasteiger partial charge on any atom is 0.227 e.